The van der Waals surface area contributed by atoms with E-state index in [1.54, 1.807) is 13.8 Å². The number of esters is 1. The highest BCUT2D eigenvalue weighted by Crippen LogP contribution is 2.29. The SMILES string of the molecule is COC(=O)c1ccc(O[C@@H](C)C(=O)NC(C)C)c([N+](=O)[O-])c1. The Kier molecular flexibility index (Phi) is 5.85. The molecule has 8 nitrogen and oxygen atoms in total. The van der Waals surface area contributed by atoms with Gasteiger partial charge in [0, 0.05) is 12.1 Å². The van der Waals surface area contributed by atoms with Gasteiger partial charge in [-0.3, -0.25) is 14.9 Å². The molecule has 0 aromatic heterocycles. The molecule has 0 unspecified atom stereocenters. The summed E-state index contributed by atoms with van der Waals surface area (Å²) in [6, 6.07) is 3.58. The number of benzene rings is 1. The molecule has 0 heterocycles. The summed E-state index contributed by atoms with van der Waals surface area (Å²) in [5.74, 6) is -1.18. The summed E-state index contributed by atoms with van der Waals surface area (Å²) in [5, 5.41) is 13.7. The normalized spacial score (nSPS) is 11.7. The lowest BCUT2D eigenvalue weighted by molar-refractivity contribution is -0.386. The van der Waals surface area contributed by atoms with Gasteiger partial charge in [-0.15, -0.1) is 0 Å². The van der Waals surface area contributed by atoms with Crippen LogP contribution in [0.15, 0.2) is 18.2 Å². The van der Waals surface area contributed by atoms with Crippen molar-refractivity contribution >= 4 is 17.6 Å². The summed E-state index contributed by atoms with van der Waals surface area (Å²) in [6.07, 6.45) is -0.912. The van der Waals surface area contributed by atoms with Crippen LogP contribution in [0, 0.1) is 10.1 Å². The van der Waals surface area contributed by atoms with E-state index in [0.717, 1.165) is 6.07 Å². The van der Waals surface area contributed by atoms with Crippen molar-refractivity contribution in [2.75, 3.05) is 7.11 Å². The van der Waals surface area contributed by atoms with E-state index >= 15 is 0 Å². The molecule has 0 aliphatic heterocycles. The van der Waals surface area contributed by atoms with Gasteiger partial charge < -0.3 is 14.8 Å². The van der Waals surface area contributed by atoms with Crippen LogP contribution < -0.4 is 10.1 Å². The summed E-state index contributed by atoms with van der Waals surface area (Å²) in [5.41, 5.74) is -0.382. The Morgan fingerprint density at radius 2 is 1.91 bits per heavy atom. The third-order valence-corrected chi connectivity index (χ3v) is 2.68. The molecule has 0 radical (unpaired) electrons. The van der Waals surface area contributed by atoms with Gasteiger partial charge in [-0.1, -0.05) is 0 Å². The van der Waals surface area contributed by atoms with Crippen molar-refractivity contribution in [1.29, 1.82) is 0 Å². The van der Waals surface area contributed by atoms with E-state index in [9.17, 15) is 19.7 Å². The first-order valence-electron chi connectivity index (χ1n) is 6.60. The van der Waals surface area contributed by atoms with Crippen LogP contribution in [0.2, 0.25) is 0 Å². The third-order valence-electron chi connectivity index (χ3n) is 2.68. The van der Waals surface area contributed by atoms with E-state index in [2.05, 4.69) is 10.1 Å². The first-order valence-corrected chi connectivity index (χ1v) is 6.60. The molecule has 1 atom stereocenters. The molecule has 1 rings (SSSR count). The molecule has 22 heavy (non-hydrogen) atoms. The zero-order valence-electron chi connectivity index (χ0n) is 12.8. The van der Waals surface area contributed by atoms with E-state index in [0.29, 0.717) is 0 Å². The van der Waals surface area contributed by atoms with Gasteiger partial charge in [0.15, 0.2) is 11.9 Å². The minimum Gasteiger partial charge on any atom is -0.474 e. The maximum atomic E-state index is 11.8. The number of hydrogen-bond acceptors (Lipinski definition) is 6. The second-order valence-electron chi connectivity index (χ2n) is 4.85. The van der Waals surface area contributed by atoms with Crippen molar-refractivity contribution in [3.8, 4) is 5.75 Å². The van der Waals surface area contributed by atoms with Crippen LogP contribution in [0.25, 0.3) is 0 Å². The van der Waals surface area contributed by atoms with Gasteiger partial charge in [0.1, 0.15) is 0 Å². The Hall–Kier alpha value is -2.64. The molecular weight excluding hydrogens is 292 g/mol. The quantitative estimate of drug-likeness (QED) is 0.486. The number of nitro groups is 1. The molecule has 0 bridgehead atoms. The van der Waals surface area contributed by atoms with E-state index in [4.69, 9.17) is 4.74 Å². The fraction of sp³-hybridized carbons (Fsp3) is 0.429. The molecule has 8 heteroatoms. The van der Waals surface area contributed by atoms with Crippen LogP contribution in [0.1, 0.15) is 31.1 Å². The van der Waals surface area contributed by atoms with Crippen LogP contribution in [0.3, 0.4) is 0 Å². The Bertz CT molecular complexity index is 585. The molecule has 0 saturated carbocycles. The molecular formula is C14H18N2O6. The van der Waals surface area contributed by atoms with E-state index in [1.807, 2.05) is 0 Å². The van der Waals surface area contributed by atoms with Gasteiger partial charge in [-0.05, 0) is 32.9 Å². The van der Waals surface area contributed by atoms with Crippen LogP contribution in [0.5, 0.6) is 5.75 Å². The highest BCUT2D eigenvalue weighted by Gasteiger charge is 2.23. The standard InChI is InChI=1S/C14H18N2O6/c1-8(2)15-13(17)9(3)22-12-6-5-10(14(18)21-4)7-11(12)16(19)20/h5-9H,1-4H3,(H,15,17)/t9-/m0/s1. The lowest BCUT2D eigenvalue weighted by atomic mass is 10.2. The zero-order valence-corrected chi connectivity index (χ0v) is 12.8. The van der Waals surface area contributed by atoms with E-state index in [-0.39, 0.29) is 23.3 Å². The molecule has 1 aromatic carbocycles. The molecule has 0 fully saturated rings. The molecule has 0 aliphatic carbocycles. The number of amides is 1. The summed E-state index contributed by atoms with van der Waals surface area (Å²) in [7, 11) is 1.18. The molecule has 1 aromatic rings. The number of nitrogens with one attached hydrogen (secondary N) is 1. The zero-order chi connectivity index (χ0) is 16.9. The highest BCUT2D eigenvalue weighted by atomic mass is 16.6. The largest absolute Gasteiger partial charge is 0.474 e. The van der Waals surface area contributed by atoms with Crippen LogP contribution in [-0.2, 0) is 9.53 Å². The first kappa shape index (κ1) is 17.4. The molecule has 1 amide bonds. The van der Waals surface area contributed by atoms with Gasteiger partial charge in [-0.2, -0.15) is 0 Å². The smallest absolute Gasteiger partial charge is 0.338 e. The minimum atomic E-state index is -0.912. The molecule has 120 valence electrons. The fourth-order valence-corrected chi connectivity index (χ4v) is 1.65. The average molecular weight is 310 g/mol. The van der Waals surface area contributed by atoms with Crippen molar-refractivity contribution < 1.29 is 24.0 Å². The van der Waals surface area contributed by atoms with Crippen molar-refractivity contribution in [3.05, 3.63) is 33.9 Å². The lowest BCUT2D eigenvalue weighted by Gasteiger charge is -2.16. The van der Waals surface area contributed by atoms with E-state index < -0.39 is 22.7 Å². The molecule has 1 N–H and O–H groups in total. The summed E-state index contributed by atoms with van der Waals surface area (Å²) >= 11 is 0. The van der Waals surface area contributed by atoms with Crippen LogP contribution in [-0.4, -0.2) is 36.1 Å². The molecule has 0 spiro atoms. The van der Waals surface area contributed by atoms with Gasteiger partial charge in [0.2, 0.25) is 0 Å². The van der Waals surface area contributed by atoms with Crippen LogP contribution in [0.4, 0.5) is 5.69 Å². The molecule has 0 saturated heterocycles. The highest BCUT2D eigenvalue weighted by molar-refractivity contribution is 5.90. The number of nitro benzene ring substituents is 1. The maximum Gasteiger partial charge on any atom is 0.338 e. The van der Waals surface area contributed by atoms with Crippen molar-refractivity contribution in [3.63, 3.8) is 0 Å². The third kappa shape index (κ3) is 4.44. The number of hydrogen-bond donors (Lipinski definition) is 1. The fourth-order valence-electron chi connectivity index (χ4n) is 1.65. The monoisotopic (exact) mass is 310 g/mol. The second kappa shape index (κ2) is 7.39. The maximum absolute atomic E-state index is 11.8. The second-order valence-corrected chi connectivity index (χ2v) is 4.85. The topological polar surface area (TPSA) is 108 Å². The first-order chi connectivity index (χ1) is 10.3. The molecule has 0 aliphatic rings. The summed E-state index contributed by atoms with van der Waals surface area (Å²) in [4.78, 5) is 33.6. The van der Waals surface area contributed by atoms with Crippen molar-refractivity contribution in [2.45, 2.75) is 32.9 Å². The predicted molar refractivity (Wildman–Crippen MR) is 77.8 cm³/mol. The van der Waals surface area contributed by atoms with Crippen LogP contribution >= 0.6 is 0 Å². The summed E-state index contributed by atoms with van der Waals surface area (Å²) < 4.78 is 9.84. The lowest BCUT2D eigenvalue weighted by Crippen LogP contribution is -2.40. The number of carbonyl (C=O) groups excluding carboxylic acids is 2. The Labute approximate surface area is 127 Å². The number of nitrogens with zero attached hydrogens (tertiary/aromatic N) is 1. The number of methoxy groups -OCH3 is 1. The van der Waals surface area contributed by atoms with Gasteiger partial charge >= 0.3 is 11.7 Å². The summed E-state index contributed by atoms with van der Waals surface area (Å²) in [6.45, 7) is 5.06. The Morgan fingerprint density at radius 3 is 2.41 bits per heavy atom. The van der Waals surface area contributed by atoms with Gasteiger partial charge in [0.05, 0.1) is 17.6 Å². The number of carbonyl (C=O) groups is 2. The predicted octanol–water partition coefficient (Wildman–Crippen LogP) is 1.67. The van der Waals surface area contributed by atoms with Gasteiger partial charge in [0.25, 0.3) is 5.91 Å². The number of rotatable bonds is 6. The van der Waals surface area contributed by atoms with Gasteiger partial charge in [-0.25, -0.2) is 4.79 Å². The number of ether oxygens (including phenoxy) is 2. The average Bonchev–Trinajstić information content (AvgIpc) is 2.45. The Balaban J connectivity index is 3.01. The van der Waals surface area contributed by atoms with Crippen molar-refractivity contribution in [2.24, 2.45) is 0 Å². The minimum absolute atomic E-state index is 0.0286. The van der Waals surface area contributed by atoms with Crippen molar-refractivity contribution in [1.82, 2.24) is 5.32 Å². The Morgan fingerprint density at radius 1 is 1.27 bits per heavy atom. The van der Waals surface area contributed by atoms with E-state index in [1.165, 1.54) is 26.2 Å².